The van der Waals surface area contributed by atoms with Crippen LogP contribution in [0.1, 0.15) is 12.5 Å². The van der Waals surface area contributed by atoms with Gasteiger partial charge in [0.2, 0.25) is 0 Å². The molecule has 0 spiro atoms. The summed E-state index contributed by atoms with van der Waals surface area (Å²) < 4.78 is 12.9. The number of imidazole rings is 1. The first-order chi connectivity index (χ1) is 15.1. The predicted octanol–water partition coefficient (Wildman–Crippen LogP) is 5.04. The molecule has 0 unspecified atom stereocenters. The lowest BCUT2D eigenvalue weighted by Crippen LogP contribution is -2.20. The summed E-state index contributed by atoms with van der Waals surface area (Å²) in [6, 6.07) is 13.0. The van der Waals surface area contributed by atoms with Gasteiger partial charge in [-0.1, -0.05) is 43.0 Å². The van der Waals surface area contributed by atoms with Crippen LogP contribution in [0.5, 0.6) is 11.5 Å². The molecule has 0 saturated carbocycles. The second-order valence-electron chi connectivity index (χ2n) is 6.57. The second-order valence-corrected chi connectivity index (χ2v) is 6.57. The van der Waals surface area contributed by atoms with Crippen LogP contribution in [-0.4, -0.2) is 29.2 Å². The number of hydrogen-bond acceptors (Lipinski definition) is 4. The van der Waals surface area contributed by atoms with Gasteiger partial charge >= 0.3 is 0 Å². The van der Waals surface area contributed by atoms with Gasteiger partial charge in [-0.3, -0.25) is 4.79 Å². The molecule has 1 N–H and O–H groups in total. The number of ether oxygens (including phenoxy) is 2. The molecule has 0 radical (unpaired) electrons. The van der Waals surface area contributed by atoms with E-state index < -0.39 is 0 Å². The number of nitrogens with one attached hydrogen (secondary N) is 1. The smallest absolute Gasteiger partial charge is 0.262 e. The summed E-state index contributed by atoms with van der Waals surface area (Å²) in [4.78, 5) is 16.4. The molecular weight excluding hydrogens is 390 g/mol. The van der Waals surface area contributed by atoms with Crippen molar-refractivity contribution < 1.29 is 14.3 Å². The first-order valence-electron chi connectivity index (χ1n) is 9.79. The molecule has 0 aliphatic carbocycles. The summed E-state index contributed by atoms with van der Waals surface area (Å²) in [5.41, 5.74) is 3.60. The minimum Gasteiger partial charge on any atom is -0.493 e. The number of allylic oxidation sites excluding steroid dienone is 5. The van der Waals surface area contributed by atoms with Crippen LogP contribution in [0.15, 0.2) is 92.1 Å². The first kappa shape index (κ1) is 21.6. The van der Waals surface area contributed by atoms with Crippen LogP contribution in [-0.2, 0) is 4.79 Å². The van der Waals surface area contributed by atoms with Crippen molar-refractivity contribution in [1.82, 2.24) is 9.55 Å². The first-order valence-corrected chi connectivity index (χ1v) is 9.79. The van der Waals surface area contributed by atoms with Crippen LogP contribution in [0.4, 0.5) is 5.69 Å². The van der Waals surface area contributed by atoms with Gasteiger partial charge in [0.05, 0.1) is 19.1 Å². The molecule has 3 rings (SSSR count). The average molecular weight is 415 g/mol. The fourth-order valence-electron chi connectivity index (χ4n) is 2.92. The van der Waals surface area contributed by atoms with Crippen molar-refractivity contribution in [3.05, 3.63) is 97.6 Å². The Bertz CT molecular complexity index is 1080. The van der Waals surface area contributed by atoms with E-state index in [0.717, 1.165) is 16.8 Å². The summed E-state index contributed by atoms with van der Waals surface area (Å²) in [6.07, 6.45) is 12.9. The molecule has 3 aromatic rings. The van der Waals surface area contributed by atoms with E-state index in [1.807, 2.05) is 72.3 Å². The third-order valence-corrected chi connectivity index (χ3v) is 4.50. The van der Waals surface area contributed by atoms with Crippen molar-refractivity contribution >= 4 is 17.2 Å². The average Bonchev–Trinajstić information content (AvgIpc) is 3.34. The number of benzene rings is 2. The predicted molar refractivity (Wildman–Crippen MR) is 124 cm³/mol. The zero-order chi connectivity index (χ0) is 22.1. The quantitative estimate of drug-likeness (QED) is 0.497. The Morgan fingerprint density at radius 2 is 2.00 bits per heavy atom. The summed E-state index contributed by atoms with van der Waals surface area (Å²) in [6.45, 7) is 5.67. The van der Waals surface area contributed by atoms with Crippen molar-refractivity contribution in [2.24, 2.45) is 0 Å². The van der Waals surface area contributed by atoms with Gasteiger partial charge in [-0.2, -0.15) is 0 Å². The molecule has 0 aliphatic heterocycles. The van der Waals surface area contributed by atoms with Crippen LogP contribution >= 0.6 is 0 Å². The number of carbonyl (C=O) groups is 1. The fourth-order valence-corrected chi connectivity index (χ4v) is 2.92. The Balaban J connectivity index is 1.61. The third kappa shape index (κ3) is 5.73. The van der Waals surface area contributed by atoms with Crippen molar-refractivity contribution in [1.29, 1.82) is 0 Å². The number of aromatic nitrogens is 2. The van der Waals surface area contributed by atoms with E-state index in [-0.39, 0.29) is 12.5 Å². The summed E-state index contributed by atoms with van der Waals surface area (Å²) in [5.74, 6) is 0.761. The highest BCUT2D eigenvalue weighted by molar-refractivity contribution is 5.92. The molecule has 1 aromatic heterocycles. The van der Waals surface area contributed by atoms with Gasteiger partial charge in [0, 0.05) is 24.1 Å². The van der Waals surface area contributed by atoms with Gasteiger partial charge in [0.25, 0.3) is 5.91 Å². The van der Waals surface area contributed by atoms with E-state index in [9.17, 15) is 4.79 Å². The van der Waals surface area contributed by atoms with E-state index in [1.54, 1.807) is 31.8 Å². The van der Waals surface area contributed by atoms with Crippen LogP contribution in [0.25, 0.3) is 11.3 Å². The normalized spacial score (nSPS) is 11.4. The Hall–Kier alpha value is -4.06. The van der Waals surface area contributed by atoms with Gasteiger partial charge in [-0.05, 0) is 42.3 Å². The van der Waals surface area contributed by atoms with E-state index in [2.05, 4.69) is 16.9 Å². The Morgan fingerprint density at radius 1 is 1.19 bits per heavy atom. The Morgan fingerprint density at radius 3 is 2.65 bits per heavy atom. The van der Waals surface area contributed by atoms with Crippen molar-refractivity contribution in [3.63, 3.8) is 0 Å². The number of anilines is 1. The number of methoxy groups -OCH3 is 1. The van der Waals surface area contributed by atoms with Crippen LogP contribution in [0.3, 0.4) is 0 Å². The third-order valence-electron chi connectivity index (χ3n) is 4.50. The molecule has 1 amide bonds. The van der Waals surface area contributed by atoms with Crippen LogP contribution in [0, 0.1) is 0 Å². The van der Waals surface area contributed by atoms with E-state index in [1.165, 1.54) is 0 Å². The molecule has 0 bridgehead atoms. The molecule has 31 heavy (non-hydrogen) atoms. The van der Waals surface area contributed by atoms with E-state index >= 15 is 0 Å². The molecule has 0 fully saturated rings. The number of nitrogens with zero attached hydrogens (tertiary/aromatic N) is 2. The largest absolute Gasteiger partial charge is 0.493 e. The monoisotopic (exact) mass is 415 g/mol. The summed E-state index contributed by atoms with van der Waals surface area (Å²) in [7, 11) is 1.56. The number of rotatable bonds is 9. The minimum absolute atomic E-state index is 0.137. The topological polar surface area (TPSA) is 65.4 Å². The van der Waals surface area contributed by atoms with Gasteiger partial charge in [-0.15, -0.1) is 0 Å². The zero-order valence-corrected chi connectivity index (χ0v) is 17.6. The standard InChI is InChI=1S/C25H25N3O3/c1-4-6-7-19(5-2)20-8-10-21(11-9-20)27-25(29)17-31-23-13-12-22(16-24(23)30-3)28-15-14-26-18-28/h4-16,18H,2,17H2,1,3H3,(H,27,29). The number of carbonyl (C=O) groups excluding carboxylic acids is 1. The maximum atomic E-state index is 12.3. The SMILES string of the molecule is C=CC(=CC=CC)c1ccc(NC(=O)COc2ccc(-n3ccnc3)cc2OC)cc1. The van der Waals surface area contributed by atoms with Gasteiger partial charge < -0.3 is 19.4 Å². The number of amides is 1. The van der Waals surface area contributed by atoms with Crippen molar-refractivity contribution in [2.75, 3.05) is 19.0 Å². The highest BCUT2D eigenvalue weighted by atomic mass is 16.5. The van der Waals surface area contributed by atoms with E-state index in [0.29, 0.717) is 17.2 Å². The highest BCUT2D eigenvalue weighted by Gasteiger charge is 2.10. The van der Waals surface area contributed by atoms with Crippen LogP contribution in [0.2, 0.25) is 0 Å². The maximum Gasteiger partial charge on any atom is 0.262 e. The lowest BCUT2D eigenvalue weighted by atomic mass is 10.1. The van der Waals surface area contributed by atoms with Crippen molar-refractivity contribution in [3.8, 4) is 17.2 Å². The minimum atomic E-state index is -0.262. The summed E-state index contributed by atoms with van der Waals surface area (Å²) in [5, 5.41) is 2.83. The lowest BCUT2D eigenvalue weighted by Gasteiger charge is -2.13. The lowest BCUT2D eigenvalue weighted by molar-refractivity contribution is -0.118. The van der Waals surface area contributed by atoms with Gasteiger partial charge in [0.15, 0.2) is 18.1 Å². The number of hydrogen-bond donors (Lipinski definition) is 1. The highest BCUT2D eigenvalue weighted by Crippen LogP contribution is 2.29. The molecule has 6 heteroatoms. The second kappa shape index (κ2) is 10.6. The molecule has 6 nitrogen and oxygen atoms in total. The van der Waals surface area contributed by atoms with E-state index in [4.69, 9.17) is 9.47 Å². The molecule has 0 saturated heterocycles. The van der Waals surface area contributed by atoms with Crippen LogP contribution < -0.4 is 14.8 Å². The molecule has 1 heterocycles. The molecule has 2 aromatic carbocycles. The molecule has 0 atom stereocenters. The van der Waals surface area contributed by atoms with Crippen molar-refractivity contribution in [2.45, 2.75) is 6.92 Å². The maximum absolute atomic E-state index is 12.3. The molecule has 0 aliphatic rings. The fraction of sp³-hybridized carbons (Fsp3) is 0.120. The summed E-state index contributed by atoms with van der Waals surface area (Å²) >= 11 is 0. The van der Waals surface area contributed by atoms with Gasteiger partial charge in [-0.25, -0.2) is 4.98 Å². The Labute approximate surface area is 182 Å². The molecular formula is C25H25N3O3. The van der Waals surface area contributed by atoms with Gasteiger partial charge in [0.1, 0.15) is 0 Å². The zero-order valence-electron chi connectivity index (χ0n) is 17.6. The molecule has 158 valence electrons. The Kier molecular flexibility index (Phi) is 7.43.